The number of anilines is 2. The number of carboxylic acid groups (broad SMARTS) is 1. The first-order valence-electron chi connectivity index (χ1n) is 8.12. The lowest BCUT2D eigenvalue weighted by molar-refractivity contribution is -0.141. The second-order valence-electron chi connectivity index (χ2n) is 5.76. The van der Waals surface area contributed by atoms with E-state index in [0.717, 1.165) is 12.3 Å². The van der Waals surface area contributed by atoms with Crippen molar-refractivity contribution in [1.29, 1.82) is 0 Å². The standard InChI is InChI=1S/C18H14F3N5O2/c19-18(20,21)15-6-7-23-17(26-15)25-12-3-1-2-11(8-12)14-10-22-9-13(24-14)4-5-16(27)28/h1-3,6-10H,4-5H2,(H,27,28)(H,23,25,26). The molecule has 2 N–H and O–H groups in total. The van der Waals surface area contributed by atoms with Crippen molar-refractivity contribution in [3.63, 3.8) is 0 Å². The molecule has 0 radical (unpaired) electrons. The molecule has 0 amide bonds. The molecule has 2 aromatic heterocycles. The first kappa shape index (κ1) is 19.2. The minimum absolute atomic E-state index is 0.0629. The number of hydrogen-bond acceptors (Lipinski definition) is 6. The Balaban J connectivity index is 1.81. The van der Waals surface area contributed by atoms with Gasteiger partial charge in [0.2, 0.25) is 5.95 Å². The van der Waals surface area contributed by atoms with Gasteiger partial charge in [0.1, 0.15) is 5.69 Å². The third-order valence-electron chi connectivity index (χ3n) is 3.64. The van der Waals surface area contributed by atoms with E-state index in [1.807, 2.05) is 0 Å². The molecule has 3 aromatic rings. The third kappa shape index (κ3) is 5.00. The van der Waals surface area contributed by atoms with Crippen molar-refractivity contribution in [2.24, 2.45) is 0 Å². The summed E-state index contributed by atoms with van der Waals surface area (Å²) in [4.78, 5) is 26.4. The lowest BCUT2D eigenvalue weighted by atomic mass is 10.1. The van der Waals surface area contributed by atoms with Gasteiger partial charge >= 0.3 is 12.1 Å². The van der Waals surface area contributed by atoms with Gasteiger partial charge in [0.15, 0.2) is 0 Å². The van der Waals surface area contributed by atoms with E-state index in [1.165, 1.54) is 12.4 Å². The molecule has 0 aliphatic heterocycles. The number of aryl methyl sites for hydroxylation is 1. The summed E-state index contributed by atoms with van der Waals surface area (Å²) in [5.74, 6) is -1.12. The lowest BCUT2D eigenvalue weighted by Crippen LogP contribution is -2.10. The first-order valence-corrected chi connectivity index (χ1v) is 8.12. The van der Waals surface area contributed by atoms with Crippen LogP contribution in [-0.4, -0.2) is 31.0 Å². The Morgan fingerprint density at radius 1 is 1.14 bits per heavy atom. The highest BCUT2D eigenvalue weighted by Gasteiger charge is 2.32. The number of aliphatic carboxylic acids is 1. The molecule has 10 heteroatoms. The Morgan fingerprint density at radius 3 is 2.71 bits per heavy atom. The molecular weight excluding hydrogens is 375 g/mol. The highest BCUT2D eigenvalue weighted by Crippen LogP contribution is 2.28. The topological polar surface area (TPSA) is 101 Å². The predicted molar refractivity (Wildman–Crippen MR) is 93.7 cm³/mol. The van der Waals surface area contributed by atoms with Crippen LogP contribution in [0.3, 0.4) is 0 Å². The fourth-order valence-corrected chi connectivity index (χ4v) is 2.36. The van der Waals surface area contributed by atoms with Crippen molar-refractivity contribution >= 4 is 17.6 Å². The predicted octanol–water partition coefficient (Wildman–Crippen LogP) is 3.71. The van der Waals surface area contributed by atoms with Gasteiger partial charge in [0.05, 0.1) is 24.0 Å². The minimum Gasteiger partial charge on any atom is -0.481 e. The molecule has 0 unspecified atom stereocenters. The maximum absolute atomic E-state index is 12.8. The van der Waals surface area contributed by atoms with Crippen LogP contribution in [0.15, 0.2) is 48.9 Å². The molecule has 1 aromatic carbocycles. The number of carboxylic acids is 1. The zero-order chi connectivity index (χ0) is 20.1. The molecule has 0 bridgehead atoms. The maximum Gasteiger partial charge on any atom is 0.433 e. The average Bonchev–Trinajstić information content (AvgIpc) is 2.66. The number of alkyl halides is 3. The normalized spacial score (nSPS) is 11.2. The van der Waals surface area contributed by atoms with Gasteiger partial charge in [0, 0.05) is 30.1 Å². The van der Waals surface area contributed by atoms with Crippen LogP contribution in [0.2, 0.25) is 0 Å². The zero-order valence-corrected chi connectivity index (χ0v) is 14.3. The molecule has 0 saturated heterocycles. The van der Waals surface area contributed by atoms with Crippen LogP contribution >= 0.6 is 0 Å². The molecular formula is C18H14F3N5O2. The Bertz CT molecular complexity index is 995. The summed E-state index contributed by atoms with van der Waals surface area (Å²) in [5.41, 5.74) is 1.12. The summed E-state index contributed by atoms with van der Waals surface area (Å²) < 4.78 is 38.3. The summed E-state index contributed by atoms with van der Waals surface area (Å²) in [6.07, 6.45) is -0.347. The molecule has 2 heterocycles. The molecule has 0 fully saturated rings. The van der Waals surface area contributed by atoms with Crippen LogP contribution in [0.5, 0.6) is 0 Å². The van der Waals surface area contributed by atoms with Gasteiger partial charge in [-0.05, 0) is 18.2 Å². The smallest absolute Gasteiger partial charge is 0.433 e. The minimum atomic E-state index is -4.56. The van der Waals surface area contributed by atoms with E-state index in [-0.39, 0.29) is 18.8 Å². The van der Waals surface area contributed by atoms with Crippen LogP contribution in [0.1, 0.15) is 17.8 Å². The average molecular weight is 389 g/mol. The van der Waals surface area contributed by atoms with Crippen LogP contribution in [-0.2, 0) is 17.4 Å². The fourth-order valence-electron chi connectivity index (χ4n) is 2.36. The van der Waals surface area contributed by atoms with Crippen LogP contribution in [0.25, 0.3) is 11.3 Å². The Morgan fingerprint density at radius 2 is 1.96 bits per heavy atom. The number of halogens is 3. The Labute approximate surface area is 157 Å². The van der Waals surface area contributed by atoms with Gasteiger partial charge in [-0.2, -0.15) is 13.2 Å². The van der Waals surface area contributed by atoms with E-state index in [9.17, 15) is 18.0 Å². The van der Waals surface area contributed by atoms with Crippen LogP contribution in [0, 0.1) is 0 Å². The third-order valence-corrected chi connectivity index (χ3v) is 3.64. The Kier molecular flexibility index (Phi) is 5.48. The van der Waals surface area contributed by atoms with Crippen molar-refractivity contribution in [3.05, 3.63) is 60.3 Å². The number of nitrogens with zero attached hydrogens (tertiary/aromatic N) is 4. The van der Waals surface area contributed by atoms with Gasteiger partial charge in [-0.1, -0.05) is 12.1 Å². The van der Waals surface area contributed by atoms with E-state index in [1.54, 1.807) is 24.3 Å². The molecule has 0 aliphatic carbocycles. The Hall–Kier alpha value is -3.56. The number of aromatic nitrogens is 4. The SMILES string of the molecule is O=C(O)CCc1cncc(-c2cccc(Nc3nccc(C(F)(F)F)n3)c2)n1. The van der Waals surface area contributed by atoms with Gasteiger partial charge < -0.3 is 10.4 Å². The highest BCUT2D eigenvalue weighted by molar-refractivity contribution is 5.68. The second-order valence-corrected chi connectivity index (χ2v) is 5.76. The fraction of sp³-hybridized carbons (Fsp3) is 0.167. The van der Waals surface area contributed by atoms with Crippen molar-refractivity contribution in [2.45, 2.75) is 19.0 Å². The molecule has 3 rings (SSSR count). The second kappa shape index (κ2) is 7.99. The number of nitrogens with one attached hydrogen (secondary N) is 1. The number of hydrogen-bond donors (Lipinski definition) is 2. The van der Waals surface area contributed by atoms with E-state index < -0.39 is 17.8 Å². The van der Waals surface area contributed by atoms with Crippen LogP contribution < -0.4 is 5.32 Å². The number of benzene rings is 1. The summed E-state index contributed by atoms with van der Waals surface area (Å²) in [7, 11) is 0. The summed E-state index contributed by atoms with van der Waals surface area (Å²) in [6, 6.07) is 7.54. The molecule has 7 nitrogen and oxygen atoms in total. The number of carbonyl (C=O) groups is 1. The summed E-state index contributed by atoms with van der Waals surface area (Å²) in [5, 5.41) is 11.5. The molecule has 28 heavy (non-hydrogen) atoms. The summed E-state index contributed by atoms with van der Waals surface area (Å²) in [6.45, 7) is 0. The first-order chi connectivity index (χ1) is 13.3. The molecule has 0 atom stereocenters. The largest absolute Gasteiger partial charge is 0.481 e. The zero-order valence-electron chi connectivity index (χ0n) is 14.3. The van der Waals surface area contributed by atoms with Gasteiger partial charge in [-0.15, -0.1) is 0 Å². The van der Waals surface area contributed by atoms with Gasteiger partial charge in [-0.25, -0.2) is 15.0 Å². The molecule has 0 saturated carbocycles. The highest BCUT2D eigenvalue weighted by atomic mass is 19.4. The number of rotatable bonds is 6. The van der Waals surface area contributed by atoms with E-state index in [4.69, 9.17) is 5.11 Å². The van der Waals surface area contributed by atoms with Crippen molar-refractivity contribution in [2.75, 3.05) is 5.32 Å². The van der Waals surface area contributed by atoms with E-state index >= 15 is 0 Å². The van der Waals surface area contributed by atoms with Gasteiger partial charge in [0.25, 0.3) is 0 Å². The van der Waals surface area contributed by atoms with Crippen molar-refractivity contribution < 1.29 is 23.1 Å². The van der Waals surface area contributed by atoms with Crippen molar-refractivity contribution in [3.8, 4) is 11.3 Å². The van der Waals surface area contributed by atoms with Crippen molar-refractivity contribution in [1.82, 2.24) is 19.9 Å². The summed E-state index contributed by atoms with van der Waals surface area (Å²) >= 11 is 0. The molecule has 144 valence electrons. The lowest BCUT2D eigenvalue weighted by Gasteiger charge is -2.10. The molecule has 0 spiro atoms. The van der Waals surface area contributed by atoms with E-state index in [0.29, 0.717) is 22.6 Å². The maximum atomic E-state index is 12.8. The van der Waals surface area contributed by atoms with Crippen LogP contribution in [0.4, 0.5) is 24.8 Å². The molecule has 0 aliphatic rings. The van der Waals surface area contributed by atoms with Gasteiger partial charge in [-0.3, -0.25) is 9.78 Å². The van der Waals surface area contributed by atoms with E-state index in [2.05, 4.69) is 25.3 Å². The monoisotopic (exact) mass is 389 g/mol. The quantitative estimate of drug-likeness (QED) is 0.663.